The summed E-state index contributed by atoms with van der Waals surface area (Å²) >= 11 is 0. The van der Waals surface area contributed by atoms with Crippen LogP contribution in [0.1, 0.15) is 25.7 Å². The maximum absolute atomic E-state index is 12.1. The van der Waals surface area contributed by atoms with E-state index in [0.717, 1.165) is 25.7 Å². The first-order chi connectivity index (χ1) is 10.7. The Balaban J connectivity index is 1.86. The number of hydrogen-bond acceptors (Lipinski definition) is 4. The van der Waals surface area contributed by atoms with Crippen molar-refractivity contribution in [1.82, 2.24) is 0 Å². The third kappa shape index (κ3) is 5.04. The van der Waals surface area contributed by atoms with E-state index in [0.29, 0.717) is 18.0 Å². The van der Waals surface area contributed by atoms with E-state index in [4.69, 9.17) is 9.47 Å². The van der Waals surface area contributed by atoms with Crippen LogP contribution in [0.4, 0.5) is 16.2 Å². The minimum atomic E-state index is -0.545. The number of methoxy groups -OCH3 is 1. The van der Waals surface area contributed by atoms with Crippen LogP contribution in [0.25, 0.3) is 0 Å². The Morgan fingerprint density at radius 1 is 1.14 bits per heavy atom. The van der Waals surface area contributed by atoms with Crippen molar-refractivity contribution in [1.29, 1.82) is 0 Å². The van der Waals surface area contributed by atoms with E-state index >= 15 is 0 Å². The highest BCUT2D eigenvalue weighted by Gasteiger charge is 2.22. The van der Waals surface area contributed by atoms with Gasteiger partial charge in [0.1, 0.15) is 6.61 Å². The standard InChI is InChI=1S/C16H22N2O4/c1-21-9-10-22-16(20)18-14-8-4-7-13(11-14)17-15(19)12-5-2-3-6-12/h4,7-8,11-12H,2-3,5-6,9-10H2,1H3,(H,17,19)(H,18,20). The quantitative estimate of drug-likeness (QED) is 0.792. The second kappa shape index (κ2) is 8.38. The number of carbonyl (C=O) groups is 2. The van der Waals surface area contributed by atoms with Gasteiger partial charge in [-0.05, 0) is 31.0 Å². The number of carbonyl (C=O) groups excluding carboxylic acids is 2. The van der Waals surface area contributed by atoms with Crippen molar-refractivity contribution in [2.45, 2.75) is 25.7 Å². The van der Waals surface area contributed by atoms with Crippen LogP contribution in [0.2, 0.25) is 0 Å². The van der Waals surface area contributed by atoms with Crippen LogP contribution < -0.4 is 10.6 Å². The highest BCUT2D eigenvalue weighted by atomic mass is 16.6. The van der Waals surface area contributed by atoms with Crippen molar-refractivity contribution in [2.24, 2.45) is 5.92 Å². The molecule has 0 unspecified atom stereocenters. The maximum Gasteiger partial charge on any atom is 0.411 e. The first-order valence-corrected chi connectivity index (χ1v) is 7.52. The second-order valence-corrected chi connectivity index (χ2v) is 5.31. The second-order valence-electron chi connectivity index (χ2n) is 5.31. The van der Waals surface area contributed by atoms with Crippen LogP contribution in [0.3, 0.4) is 0 Å². The van der Waals surface area contributed by atoms with E-state index in [1.165, 1.54) is 7.11 Å². The zero-order valence-electron chi connectivity index (χ0n) is 12.8. The van der Waals surface area contributed by atoms with Gasteiger partial charge in [0, 0.05) is 24.4 Å². The summed E-state index contributed by atoms with van der Waals surface area (Å²) in [6.45, 7) is 0.547. The molecular formula is C16H22N2O4. The van der Waals surface area contributed by atoms with Crippen molar-refractivity contribution in [2.75, 3.05) is 31.0 Å². The Hall–Kier alpha value is -2.08. The summed E-state index contributed by atoms with van der Waals surface area (Å²) in [6.07, 6.45) is 3.60. The molecule has 2 N–H and O–H groups in total. The molecule has 22 heavy (non-hydrogen) atoms. The molecule has 0 aliphatic heterocycles. The van der Waals surface area contributed by atoms with E-state index in [1.807, 2.05) is 0 Å². The SMILES string of the molecule is COCCOC(=O)Nc1cccc(NC(=O)C2CCCC2)c1. The fourth-order valence-electron chi connectivity index (χ4n) is 2.48. The van der Waals surface area contributed by atoms with Crippen LogP contribution >= 0.6 is 0 Å². The van der Waals surface area contributed by atoms with Gasteiger partial charge in [0.15, 0.2) is 0 Å². The number of nitrogens with one attached hydrogen (secondary N) is 2. The van der Waals surface area contributed by atoms with Gasteiger partial charge in [0.05, 0.1) is 6.61 Å². The molecule has 120 valence electrons. The minimum absolute atomic E-state index is 0.0531. The number of amides is 2. The van der Waals surface area contributed by atoms with Crippen molar-refractivity contribution in [3.63, 3.8) is 0 Å². The number of benzene rings is 1. The molecule has 0 heterocycles. The predicted molar refractivity (Wildman–Crippen MR) is 83.9 cm³/mol. The van der Waals surface area contributed by atoms with Crippen LogP contribution in [0.15, 0.2) is 24.3 Å². The van der Waals surface area contributed by atoms with Gasteiger partial charge < -0.3 is 14.8 Å². The number of anilines is 2. The van der Waals surface area contributed by atoms with Gasteiger partial charge in [-0.15, -0.1) is 0 Å². The first kappa shape index (κ1) is 16.3. The van der Waals surface area contributed by atoms with Crippen LogP contribution in [0, 0.1) is 5.92 Å². The Kier molecular flexibility index (Phi) is 6.21. The summed E-state index contributed by atoms with van der Waals surface area (Å²) in [5.74, 6) is 0.160. The van der Waals surface area contributed by atoms with Gasteiger partial charge in [-0.3, -0.25) is 10.1 Å². The Labute approximate surface area is 130 Å². The Bertz CT molecular complexity index is 513. The highest BCUT2D eigenvalue weighted by Crippen LogP contribution is 2.26. The smallest absolute Gasteiger partial charge is 0.411 e. The molecule has 0 bridgehead atoms. The summed E-state index contributed by atoms with van der Waals surface area (Å²) < 4.78 is 9.73. The highest BCUT2D eigenvalue weighted by molar-refractivity contribution is 5.94. The van der Waals surface area contributed by atoms with Gasteiger partial charge in [-0.1, -0.05) is 18.9 Å². The van der Waals surface area contributed by atoms with Crippen molar-refractivity contribution >= 4 is 23.4 Å². The molecule has 2 amide bonds. The molecule has 1 fully saturated rings. The minimum Gasteiger partial charge on any atom is -0.447 e. The van der Waals surface area contributed by atoms with E-state index in [-0.39, 0.29) is 18.4 Å². The molecule has 1 aromatic rings. The van der Waals surface area contributed by atoms with Gasteiger partial charge in [0.25, 0.3) is 0 Å². The molecule has 6 nitrogen and oxygen atoms in total. The molecule has 1 aromatic carbocycles. The lowest BCUT2D eigenvalue weighted by atomic mass is 10.1. The van der Waals surface area contributed by atoms with Gasteiger partial charge in [-0.2, -0.15) is 0 Å². The number of rotatable bonds is 6. The van der Waals surface area contributed by atoms with Gasteiger partial charge in [0.2, 0.25) is 5.91 Å². The molecule has 2 rings (SSSR count). The lowest BCUT2D eigenvalue weighted by Crippen LogP contribution is -2.20. The van der Waals surface area contributed by atoms with E-state index in [9.17, 15) is 9.59 Å². The van der Waals surface area contributed by atoms with Gasteiger partial charge in [-0.25, -0.2) is 4.79 Å². The zero-order valence-corrected chi connectivity index (χ0v) is 12.8. The fourth-order valence-corrected chi connectivity index (χ4v) is 2.48. The molecule has 0 atom stereocenters. The fraction of sp³-hybridized carbons (Fsp3) is 0.500. The molecule has 0 saturated heterocycles. The third-order valence-electron chi connectivity index (χ3n) is 3.62. The summed E-state index contributed by atoms with van der Waals surface area (Å²) in [5, 5.41) is 5.51. The van der Waals surface area contributed by atoms with Crippen molar-refractivity contribution < 1.29 is 19.1 Å². The average molecular weight is 306 g/mol. The maximum atomic E-state index is 12.1. The van der Waals surface area contributed by atoms with Gasteiger partial charge >= 0.3 is 6.09 Å². The predicted octanol–water partition coefficient (Wildman–Crippen LogP) is 3.01. The molecule has 0 aromatic heterocycles. The molecule has 0 spiro atoms. The summed E-state index contributed by atoms with van der Waals surface area (Å²) in [5.41, 5.74) is 1.25. The number of ether oxygens (including phenoxy) is 2. The third-order valence-corrected chi connectivity index (χ3v) is 3.62. The molecule has 1 aliphatic carbocycles. The summed E-state index contributed by atoms with van der Waals surface area (Å²) in [6, 6.07) is 7.02. The monoisotopic (exact) mass is 306 g/mol. The Morgan fingerprint density at radius 3 is 2.50 bits per heavy atom. The zero-order chi connectivity index (χ0) is 15.8. The lowest BCUT2D eigenvalue weighted by molar-refractivity contribution is -0.119. The average Bonchev–Trinajstić information content (AvgIpc) is 3.02. The van der Waals surface area contributed by atoms with Crippen LogP contribution in [0.5, 0.6) is 0 Å². The number of hydrogen-bond donors (Lipinski definition) is 2. The molecular weight excluding hydrogens is 284 g/mol. The summed E-state index contributed by atoms with van der Waals surface area (Å²) in [4.78, 5) is 23.6. The van der Waals surface area contributed by atoms with E-state index in [2.05, 4.69) is 10.6 Å². The normalized spacial score (nSPS) is 14.6. The molecule has 0 radical (unpaired) electrons. The molecule has 6 heteroatoms. The van der Waals surface area contributed by atoms with Crippen molar-refractivity contribution in [3.05, 3.63) is 24.3 Å². The summed E-state index contributed by atoms with van der Waals surface area (Å²) in [7, 11) is 1.54. The van der Waals surface area contributed by atoms with E-state index < -0.39 is 6.09 Å². The first-order valence-electron chi connectivity index (χ1n) is 7.52. The van der Waals surface area contributed by atoms with Crippen LogP contribution in [-0.4, -0.2) is 32.3 Å². The molecule has 1 saturated carbocycles. The Morgan fingerprint density at radius 2 is 1.82 bits per heavy atom. The largest absolute Gasteiger partial charge is 0.447 e. The van der Waals surface area contributed by atoms with Crippen molar-refractivity contribution in [3.8, 4) is 0 Å². The lowest BCUT2D eigenvalue weighted by Gasteiger charge is -2.12. The molecule has 1 aliphatic rings. The van der Waals surface area contributed by atoms with E-state index in [1.54, 1.807) is 24.3 Å². The topological polar surface area (TPSA) is 76.7 Å². The van der Waals surface area contributed by atoms with Crippen LogP contribution in [-0.2, 0) is 14.3 Å².